The maximum Gasteiger partial charge on any atom is 0.243 e. The average molecular weight is 422 g/mol. The summed E-state index contributed by atoms with van der Waals surface area (Å²) >= 11 is 8.92. The molecule has 1 fully saturated rings. The fourth-order valence-electron chi connectivity index (χ4n) is 2.52. The molecule has 4 nitrogen and oxygen atoms in total. The zero-order valence-electron chi connectivity index (χ0n) is 11.0. The van der Waals surface area contributed by atoms with E-state index in [1.807, 2.05) is 0 Å². The molecule has 0 bridgehead atoms. The minimum Gasteiger partial charge on any atom is -0.329 e. The summed E-state index contributed by atoms with van der Waals surface area (Å²) in [5.74, 6) is -0.602. The number of hydrogen-bond donors (Lipinski definition) is 2. The minimum absolute atomic E-state index is 0. The van der Waals surface area contributed by atoms with Crippen LogP contribution in [0.5, 0.6) is 0 Å². The van der Waals surface area contributed by atoms with Crippen molar-refractivity contribution >= 4 is 50.0 Å². The lowest BCUT2D eigenvalue weighted by Crippen LogP contribution is -2.51. The molecular formula is C12H16BrCl2FN2O2S. The number of nitrogens with one attached hydrogen (secondary N) is 1. The Kier molecular flexibility index (Phi) is 6.47. The van der Waals surface area contributed by atoms with Gasteiger partial charge in [-0.15, -0.1) is 12.4 Å². The van der Waals surface area contributed by atoms with Crippen molar-refractivity contribution in [2.75, 3.05) is 6.54 Å². The van der Waals surface area contributed by atoms with E-state index >= 15 is 0 Å². The first-order valence-corrected chi connectivity index (χ1v) is 8.84. The van der Waals surface area contributed by atoms with Crippen LogP contribution < -0.4 is 10.5 Å². The molecule has 2 rings (SSSR count). The third kappa shape index (κ3) is 4.09. The van der Waals surface area contributed by atoms with Gasteiger partial charge in [-0.25, -0.2) is 17.5 Å². The van der Waals surface area contributed by atoms with Crippen LogP contribution in [0, 0.1) is 5.82 Å². The highest BCUT2D eigenvalue weighted by molar-refractivity contribution is 9.10. The van der Waals surface area contributed by atoms with Gasteiger partial charge < -0.3 is 5.73 Å². The third-order valence-electron chi connectivity index (χ3n) is 3.53. The summed E-state index contributed by atoms with van der Waals surface area (Å²) in [7, 11) is -3.87. The van der Waals surface area contributed by atoms with Gasteiger partial charge in [-0.1, -0.05) is 24.4 Å². The number of rotatable bonds is 4. The predicted molar refractivity (Wildman–Crippen MR) is 86.9 cm³/mol. The van der Waals surface area contributed by atoms with Gasteiger partial charge in [0.25, 0.3) is 0 Å². The lowest BCUT2D eigenvalue weighted by atomic mass is 10.0. The molecular weight excluding hydrogens is 406 g/mol. The first-order chi connectivity index (χ1) is 9.30. The number of nitrogens with two attached hydrogens (primary N) is 1. The molecule has 9 heteroatoms. The lowest BCUT2D eigenvalue weighted by Gasteiger charge is -2.28. The normalized spacial score (nSPS) is 17.5. The average Bonchev–Trinajstić information content (AvgIpc) is 2.75. The minimum atomic E-state index is -3.87. The van der Waals surface area contributed by atoms with Crippen molar-refractivity contribution in [3.8, 4) is 0 Å². The highest BCUT2D eigenvalue weighted by Gasteiger charge is 2.38. The molecule has 0 unspecified atom stereocenters. The van der Waals surface area contributed by atoms with E-state index in [2.05, 4.69) is 20.7 Å². The van der Waals surface area contributed by atoms with Crippen molar-refractivity contribution in [3.05, 3.63) is 27.4 Å². The number of hydrogen-bond acceptors (Lipinski definition) is 3. The van der Waals surface area contributed by atoms with Crippen LogP contribution in [0.15, 0.2) is 21.5 Å². The third-order valence-corrected chi connectivity index (χ3v) is 6.51. The molecule has 3 N–H and O–H groups in total. The first-order valence-electron chi connectivity index (χ1n) is 6.18. The monoisotopic (exact) mass is 420 g/mol. The van der Waals surface area contributed by atoms with Gasteiger partial charge in [0.15, 0.2) is 0 Å². The Labute approximate surface area is 143 Å². The Bertz CT molecular complexity index is 599. The molecule has 1 aromatic rings. The second-order valence-electron chi connectivity index (χ2n) is 5.00. The SMILES string of the molecule is Cl.NCC1(NS(=O)(=O)c2c(Cl)cc(F)cc2Br)CCCC1. The molecule has 1 aliphatic carbocycles. The molecule has 1 saturated carbocycles. The van der Waals surface area contributed by atoms with Crippen molar-refractivity contribution in [1.29, 1.82) is 0 Å². The number of benzene rings is 1. The molecule has 1 aliphatic rings. The molecule has 0 radical (unpaired) electrons. The highest BCUT2D eigenvalue weighted by Crippen LogP contribution is 2.34. The molecule has 0 aliphatic heterocycles. The van der Waals surface area contributed by atoms with E-state index in [0.717, 1.165) is 25.0 Å². The smallest absolute Gasteiger partial charge is 0.243 e. The van der Waals surface area contributed by atoms with Gasteiger partial charge in [-0.2, -0.15) is 0 Å². The van der Waals surface area contributed by atoms with Crippen molar-refractivity contribution in [2.45, 2.75) is 36.1 Å². The van der Waals surface area contributed by atoms with Crippen LogP contribution in [0.25, 0.3) is 0 Å². The quantitative estimate of drug-likeness (QED) is 0.783. The zero-order valence-corrected chi connectivity index (χ0v) is 15.0. The molecule has 0 saturated heterocycles. The largest absolute Gasteiger partial charge is 0.329 e. The van der Waals surface area contributed by atoms with Crippen LogP contribution in [0.4, 0.5) is 4.39 Å². The molecule has 120 valence electrons. The Hall–Kier alpha value is 0.0800. The summed E-state index contributed by atoms with van der Waals surface area (Å²) < 4.78 is 40.9. The summed E-state index contributed by atoms with van der Waals surface area (Å²) in [4.78, 5) is -0.153. The summed E-state index contributed by atoms with van der Waals surface area (Å²) in [5, 5.41) is -0.158. The van der Waals surface area contributed by atoms with Crippen LogP contribution >= 0.6 is 39.9 Å². The van der Waals surface area contributed by atoms with Gasteiger partial charge in [-0.05, 0) is 40.9 Å². The topological polar surface area (TPSA) is 72.2 Å². The van der Waals surface area contributed by atoms with E-state index in [0.29, 0.717) is 12.8 Å². The second kappa shape index (κ2) is 7.10. The van der Waals surface area contributed by atoms with E-state index in [1.54, 1.807) is 0 Å². The van der Waals surface area contributed by atoms with Gasteiger partial charge in [0.1, 0.15) is 10.7 Å². The van der Waals surface area contributed by atoms with Crippen LogP contribution in [0.3, 0.4) is 0 Å². The van der Waals surface area contributed by atoms with Crippen molar-refractivity contribution in [2.24, 2.45) is 5.73 Å². The van der Waals surface area contributed by atoms with Gasteiger partial charge >= 0.3 is 0 Å². The maximum atomic E-state index is 13.2. The summed E-state index contributed by atoms with van der Waals surface area (Å²) in [6, 6.07) is 2.05. The summed E-state index contributed by atoms with van der Waals surface area (Å²) in [6.07, 6.45) is 3.24. The van der Waals surface area contributed by atoms with Gasteiger partial charge in [-0.3, -0.25) is 0 Å². The Morgan fingerprint density at radius 2 is 1.95 bits per heavy atom. The van der Waals surface area contributed by atoms with E-state index < -0.39 is 21.4 Å². The standard InChI is InChI=1S/C12H15BrClFN2O2S.ClH/c13-9-5-8(15)6-10(14)11(9)20(18,19)17-12(7-16)3-1-2-4-12;/h5-6,17H,1-4,7,16H2;1H. The lowest BCUT2D eigenvalue weighted by molar-refractivity contribution is 0.399. The van der Waals surface area contributed by atoms with Crippen molar-refractivity contribution in [3.63, 3.8) is 0 Å². The van der Waals surface area contributed by atoms with Crippen molar-refractivity contribution < 1.29 is 12.8 Å². The van der Waals surface area contributed by atoms with E-state index in [9.17, 15) is 12.8 Å². The molecule has 0 aromatic heterocycles. The zero-order chi connectivity index (χ0) is 15.0. The molecule has 0 amide bonds. The van der Waals surface area contributed by atoms with Gasteiger partial charge in [0.05, 0.1) is 5.02 Å². The summed E-state index contributed by atoms with van der Waals surface area (Å²) in [6.45, 7) is 0.225. The molecule has 1 aromatic carbocycles. The van der Waals surface area contributed by atoms with Crippen molar-refractivity contribution in [1.82, 2.24) is 4.72 Å². The number of sulfonamides is 1. The van der Waals surface area contributed by atoms with E-state index in [1.165, 1.54) is 0 Å². The second-order valence-corrected chi connectivity index (χ2v) is 7.88. The first kappa shape index (κ1) is 19.1. The fourth-order valence-corrected chi connectivity index (χ4v) is 5.81. The van der Waals surface area contributed by atoms with Crippen LogP contribution in [-0.2, 0) is 10.0 Å². The maximum absolute atomic E-state index is 13.2. The Morgan fingerprint density at radius 1 is 1.38 bits per heavy atom. The number of halogens is 4. The van der Waals surface area contributed by atoms with Crippen LogP contribution in [-0.4, -0.2) is 20.5 Å². The molecule has 21 heavy (non-hydrogen) atoms. The molecule has 0 atom stereocenters. The molecule has 0 spiro atoms. The predicted octanol–water partition coefficient (Wildman–Crippen LogP) is 3.21. The Morgan fingerprint density at radius 3 is 2.43 bits per heavy atom. The van der Waals surface area contributed by atoms with Gasteiger partial charge in [0, 0.05) is 16.6 Å². The fraction of sp³-hybridized carbons (Fsp3) is 0.500. The summed E-state index contributed by atoms with van der Waals surface area (Å²) in [5.41, 5.74) is 5.09. The van der Waals surface area contributed by atoms with E-state index in [4.69, 9.17) is 17.3 Å². The Balaban J connectivity index is 0.00000220. The van der Waals surface area contributed by atoms with Crippen LogP contribution in [0.1, 0.15) is 25.7 Å². The highest BCUT2D eigenvalue weighted by atomic mass is 79.9. The van der Waals surface area contributed by atoms with Gasteiger partial charge in [0.2, 0.25) is 10.0 Å². The molecule has 0 heterocycles. The van der Waals surface area contributed by atoms with Crippen LogP contribution in [0.2, 0.25) is 5.02 Å². The van der Waals surface area contributed by atoms with E-state index in [-0.39, 0.29) is 33.3 Å².